The molecule has 1 unspecified atom stereocenters. The molecule has 0 radical (unpaired) electrons. The number of nitrogens with one attached hydrogen (secondary N) is 1. The summed E-state index contributed by atoms with van der Waals surface area (Å²) in [6.07, 6.45) is 1.66. The summed E-state index contributed by atoms with van der Waals surface area (Å²) in [4.78, 5) is 0.314. The van der Waals surface area contributed by atoms with Crippen molar-refractivity contribution in [3.05, 3.63) is 28.2 Å². The predicted octanol–water partition coefficient (Wildman–Crippen LogP) is 3.84. The molecule has 0 heterocycles. The molecule has 1 N–H and O–H groups in total. The molecule has 0 fully saturated rings. The second-order valence-corrected chi connectivity index (χ2v) is 7.64. The van der Waals surface area contributed by atoms with Gasteiger partial charge in [0.1, 0.15) is 4.90 Å². The molecule has 0 amide bonds. The summed E-state index contributed by atoms with van der Waals surface area (Å²) in [5, 5.41) is 0.504. The van der Waals surface area contributed by atoms with Gasteiger partial charge in [-0.05, 0) is 31.0 Å². The zero-order valence-electron chi connectivity index (χ0n) is 9.79. The SMILES string of the molecule is CCC(Br)CCNS(=O)(=O)c1cc(Cl)ccc1Cl. The Kier molecular flexibility index (Phi) is 6.41. The van der Waals surface area contributed by atoms with E-state index in [-0.39, 0.29) is 9.92 Å². The quantitative estimate of drug-likeness (QED) is 0.769. The number of rotatable bonds is 6. The number of sulfonamides is 1. The van der Waals surface area contributed by atoms with E-state index in [0.717, 1.165) is 6.42 Å². The van der Waals surface area contributed by atoms with Crippen molar-refractivity contribution in [3.8, 4) is 0 Å². The molecule has 102 valence electrons. The summed E-state index contributed by atoms with van der Waals surface area (Å²) in [6.45, 7) is 2.39. The lowest BCUT2D eigenvalue weighted by atomic mass is 10.2. The van der Waals surface area contributed by atoms with Crippen molar-refractivity contribution >= 4 is 49.2 Å². The fourth-order valence-electron chi connectivity index (χ4n) is 1.31. The molecule has 1 rings (SSSR count). The number of hydrogen-bond donors (Lipinski definition) is 1. The van der Waals surface area contributed by atoms with E-state index < -0.39 is 10.0 Å². The van der Waals surface area contributed by atoms with Gasteiger partial charge >= 0.3 is 0 Å². The molecule has 0 saturated heterocycles. The molecule has 7 heteroatoms. The van der Waals surface area contributed by atoms with E-state index in [1.54, 1.807) is 6.07 Å². The van der Waals surface area contributed by atoms with Crippen molar-refractivity contribution < 1.29 is 8.42 Å². The van der Waals surface area contributed by atoms with Crippen LogP contribution in [-0.4, -0.2) is 19.8 Å². The lowest BCUT2D eigenvalue weighted by molar-refractivity contribution is 0.577. The van der Waals surface area contributed by atoms with Gasteiger partial charge in [0.05, 0.1) is 5.02 Å². The summed E-state index contributed by atoms with van der Waals surface area (Å²) < 4.78 is 26.5. The van der Waals surface area contributed by atoms with Crippen LogP contribution in [0, 0.1) is 0 Å². The first-order chi connectivity index (χ1) is 8.36. The van der Waals surface area contributed by atoms with Gasteiger partial charge in [-0.25, -0.2) is 13.1 Å². The molecular formula is C11H14BrCl2NO2S. The minimum Gasteiger partial charge on any atom is -0.211 e. The average molecular weight is 375 g/mol. The maximum absolute atomic E-state index is 12.0. The largest absolute Gasteiger partial charge is 0.242 e. The monoisotopic (exact) mass is 373 g/mol. The van der Waals surface area contributed by atoms with Gasteiger partial charge < -0.3 is 0 Å². The Bertz CT molecular complexity index is 508. The van der Waals surface area contributed by atoms with Gasteiger partial charge in [0.2, 0.25) is 10.0 Å². The van der Waals surface area contributed by atoms with Crippen LogP contribution in [0.4, 0.5) is 0 Å². The molecule has 0 aliphatic rings. The first-order valence-electron chi connectivity index (χ1n) is 5.45. The molecular weight excluding hydrogens is 361 g/mol. The molecule has 0 spiro atoms. The third kappa shape index (κ3) is 4.70. The molecule has 0 aliphatic heterocycles. The summed E-state index contributed by atoms with van der Waals surface area (Å²) in [5.74, 6) is 0. The van der Waals surface area contributed by atoms with E-state index in [1.165, 1.54) is 12.1 Å². The molecule has 18 heavy (non-hydrogen) atoms. The van der Waals surface area contributed by atoms with Gasteiger partial charge in [0.25, 0.3) is 0 Å². The van der Waals surface area contributed by atoms with Crippen molar-refractivity contribution in [2.24, 2.45) is 0 Å². The second-order valence-electron chi connectivity index (χ2n) is 3.77. The summed E-state index contributed by atoms with van der Waals surface area (Å²) in [7, 11) is -3.60. The summed E-state index contributed by atoms with van der Waals surface area (Å²) in [6, 6.07) is 4.37. The van der Waals surface area contributed by atoms with Crippen LogP contribution in [0.15, 0.2) is 23.1 Å². The Morgan fingerprint density at radius 3 is 2.67 bits per heavy atom. The minimum atomic E-state index is -3.60. The van der Waals surface area contributed by atoms with E-state index in [1.807, 2.05) is 6.92 Å². The zero-order valence-corrected chi connectivity index (χ0v) is 13.7. The average Bonchev–Trinajstić information content (AvgIpc) is 2.31. The molecule has 0 bridgehead atoms. The first kappa shape index (κ1) is 16.2. The topological polar surface area (TPSA) is 46.2 Å². The summed E-state index contributed by atoms with van der Waals surface area (Å²) >= 11 is 15.1. The van der Waals surface area contributed by atoms with E-state index in [0.29, 0.717) is 22.8 Å². The Morgan fingerprint density at radius 1 is 1.39 bits per heavy atom. The highest BCUT2D eigenvalue weighted by Gasteiger charge is 2.18. The van der Waals surface area contributed by atoms with Crippen LogP contribution in [0.3, 0.4) is 0 Å². The number of alkyl halides is 1. The maximum Gasteiger partial charge on any atom is 0.242 e. The Morgan fingerprint density at radius 2 is 2.06 bits per heavy atom. The number of halogens is 3. The van der Waals surface area contributed by atoms with Crippen LogP contribution in [0.1, 0.15) is 19.8 Å². The van der Waals surface area contributed by atoms with Crippen molar-refractivity contribution in [3.63, 3.8) is 0 Å². The smallest absolute Gasteiger partial charge is 0.211 e. The molecule has 0 aromatic heterocycles. The second kappa shape index (κ2) is 7.10. The molecule has 1 aromatic rings. The van der Waals surface area contributed by atoms with Gasteiger partial charge in [-0.1, -0.05) is 46.1 Å². The third-order valence-corrected chi connectivity index (χ3v) is 5.66. The highest BCUT2D eigenvalue weighted by Crippen LogP contribution is 2.24. The van der Waals surface area contributed by atoms with Gasteiger partial charge in [-0.15, -0.1) is 0 Å². The molecule has 0 saturated carbocycles. The van der Waals surface area contributed by atoms with Crippen molar-refractivity contribution in [2.75, 3.05) is 6.54 Å². The molecule has 0 aliphatic carbocycles. The van der Waals surface area contributed by atoms with E-state index in [2.05, 4.69) is 20.7 Å². The third-order valence-electron chi connectivity index (χ3n) is 2.38. The van der Waals surface area contributed by atoms with Crippen LogP contribution in [-0.2, 0) is 10.0 Å². The number of hydrogen-bond acceptors (Lipinski definition) is 2. The normalized spacial score (nSPS) is 13.6. The van der Waals surface area contributed by atoms with E-state index in [4.69, 9.17) is 23.2 Å². The fourth-order valence-corrected chi connectivity index (χ4v) is 3.35. The molecule has 3 nitrogen and oxygen atoms in total. The van der Waals surface area contributed by atoms with Crippen LogP contribution >= 0.6 is 39.1 Å². The van der Waals surface area contributed by atoms with Crippen LogP contribution in [0.25, 0.3) is 0 Å². The highest BCUT2D eigenvalue weighted by atomic mass is 79.9. The Labute approximate surface area is 126 Å². The van der Waals surface area contributed by atoms with Gasteiger partial charge in [0, 0.05) is 16.4 Å². The van der Waals surface area contributed by atoms with Crippen molar-refractivity contribution in [1.29, 1.82) is 0 Å². The van der Waals surface area contributed by atoms with E-state index >= 15 is 0 Å². The Hall–Kier alpha value is 0.190. The fraction of sp³-hybridized carbons (Fsp3) is 0.455. The van der Waals surface area contributed by atoms with Gasteiger partial charge in [-0.3, -0.25) is 0 Å². The predicted molar refractivity (Wildman–Crippen MR) is 79.3 cm³/mol. The zero-order chi connectivity index (χ0) is 13.8. The maximum atomic E-state index is 12.0. The van der Waals surface area contributed by atoms with Crippen LogP contribution in [0.5, 0.6) is 0 Å². The highest BCUT2D eigenvalue weighted by molar-refractivity contribution is 9.09. The van der Waals surface area contributed by atoms with Crippen molar-refractivity contribution in [1.82, 2.24) is 4.72 Å². The van der Waals surface area contributed by atoms with Crippen LogP contribution < -0.4 is 4.72 Å². The summed E-state index contributed by atoms with van der Waals surface area (Å²) in [5.41, 5.74) is 0. The Balaban J connectivity index is 2.77. The van der Waals surface area contributed by atoms with E-state index in [9.17, 15) is 8.42 Å². The van der Waals surface area contributed by atoms with Gasteiger partial charge in [0.15, 0.2) is 0 Å². The van der Waals surface area contributed by atoms with Crippen LogP contribution in [0.2, 0.25) is 10.0 Å². The van der Waals surface area contributed by atoms with Gasteiger partial charge in [-0.2, -0.15) is 0 Å². The molecule has 1 aromatic carbocycles. The van der Waals surface area contributed by atoms with Crippen molar-refractivity contribution in [2.45, 2.75) is 29.5 Å². The molecule has 1 atom stereocenters. The standard InChI is InChI=1S/C11H14BrCl2NO2S/c1-2-8(12)5-6-15-18(16,17)11-7-9(13)3-4-10(11)14/h3-4,7-8,15H,2,5-6H2,1H3. The first-order valence-corrected chi connectivity index (χ1v) is 8.61. The lowest BCUT2D eigenvalue weighted by Crippen LogP contribution is -2.26. The minimum absolute atomic E-state index is 0.0132. The number of benzene rings is 1. The lowest BCUT2D eigenvalue weighted by Gasteiger charge is -2.10.